The Morgan fingerprint density at radius 2 is 1.95 bits per heavy atom. The molecule has 2 rings (SSSR count). The molecule has 2 aromatic rings. The molecule has 0 aliphatic carbocycles. The van der Waals surface area contributed by atoms with E-state index < -0.39 is 0 Å². The fraction of sp³-hybridized carbons (Fsp3) is 0.231. The van der Waals surface area contributed by atoms with Gasteiger partial charge in [-0.25, -0.2) is 0 Å². The third kappa shape index (κ3) is 3.91. The SMILES string of the molecule is C=Cc1cc(I)n(CC/C=C/c2cc(I)n(C)n2)n1. The Morgan fingerprint density at radius 3 is 2.53 bits per heavy atom. The Hall–Kier alpha value is -0.640. The van der Waals surface area contributed by atoms with Crippen molar-refractivity contribution in [1.29, 1.82) is 0 Å². The Kier molecular flexibility index (Phi) is 5.20. The number of hydrogen-bond donors (Lipinski definition) is 0. The number of nitrogens with zero attached hydrogens (tertiary/aromatic N) is 4. The summed E-state index contributed by atoms with van der Waals surface area (Å²) >= 11 is 4.56. The van der Waals surface area contributed by atoms with Gasteiger partial charge in [-0.15, -0.1) is 0 Å². The molecule has 0 spiro atoms. The van der Waals surface area contributed by atoms with Crippen LogP contribution in [0.2, 0.25) is 0 Å². The first kappa shape index (κ1) is 14.8. The van der Waals surface area contributed by atoms with Crippen molar-refractivity contribution in [2.24, 2.45) is 7.05 Å². The Balaban J connectivity index is 1.92. The first-order valence-electron chi connectivity index (χ1n) is 5.82. The van der Waals surface area contributed by atoms with E-state index in [1.807, 2.05) is 28.6 Å². The summed E-state index contributed by atoms with van der Waals surface area (Å²) in [5.74, 6) is 0. The Morgan fingerprint density at radius 1 is 1.21 bits per heavy atom. The number of aryl methyl sites for hydroxylation is 2. The molecule has 0 aliphatic rings. The molecule has 0 saturated carbocycles. The summed E-state index contributed by atoms with van der Waals surface area (Å²) in [4.78, 5) is 0. The monoisotopic (exact) mass is 480 g/mol. The minimum Gasteiger partial charge on any atom is -0.262 e. The van der Waals surface area contributed by atoms with Gasteiger partial charge in [0.25, 0.3) is 0 Å². The number of aromatic nitrogens is 4. The van der Waals surface area contributed by atoms with Gasteiger partial charge in [-0.1, -0.05) is 12.7 Å². The van der Waals surface area contributed by atoms with Crippen LogP contribution in [0.1, 0.15) is 17.8 Å². The molecular formula is C13H14I2N4. The van der Waals surface area contributed by atoms with Crippen molar-refractivity contribution < 1.29 is 0 Å². The molecule has 0 aromatic carbocycles. The summed E-state index contributed by atoms with van der Waals surface area (Å²) in [6, 6.07) is 4.09. The predicted octanol–water partition coefficient (Wildman–Crippen LogP) is 3.57. The van der Waals surface area contributed by atoms with Gasteiger partial charge in [0, 0.05) is 13.6 Å². The zero-order chi connectivity index (χ0) is 13.8. The summed E-state index contributed by atoms with van der Waals surface area (Å²) < 4.78 is 6.12. The summed E-state index contributed by atoms with van der Waals surface area (Å²) in [7, 11) is 1.95. The molecule has 100 valence electrons. The van der Waals surface area contributed by atoms with Gasteiger partial charge in [0.1, 0.15) is 0 Å². The molecule has 19 heavy (non-hydrogen) atoms. The fourth-order valence-electron chi connectivity index (χ4n) is 1.62. The van der Waals surface area contributed by atoms with Crippen LogP contribution < -0.4 is 0 Å². The van der Waals surface area contributed by atoms with Crippen LogP contribution in [-0.4, -0.2) is 19.6 Å². The maximum Gasteiger partial charge on any atom is 0.0995 e. The third-order valence-corrected chi connectivity index (χ3v) is 4.47. The lowest BCUT2D eigenvalue weighted by molar-refractivity contribution is 0.609. The van der Waals surface area contributed by atoms with Gasteiger partial charge in [0.2, 0.25) is 0 Å². The maximum absolute atomic E-state index is 4.43. The lowest BCUT2D eigenvalue weighted by Gasteiger charge is -1.99. The van der Waals surface area contributed by atoms with Crippen molar-refractivity contribution in [3.8, 4) is 0 Å². The van der Waals surface area contributed by atoms with E-state index in [9.17, 15) is 0 Å². The first-order chi connectivity index (χ1) is 9.10. The second-order valence-corrected chi connectivity index (χ2v) is 6.24. The lowest BCUT2D eigenvalue weighted by atomic mass is 10.3. The molecular weight excluding hydrogens is 466 g/mol. The highest BCUT2D eigenvalue weighted by molar-refractivity contribution is 14.1. The highest BCUT2D eigenvalue weighted by Gasteiger charge is 2.01. The number of hydrogen-bond acceptors (Lipinski definition) is 2. The average molecular weight is 480 g/mol. The Bertz CT molecular complexity index is 591. The number of halogens is 2. The molecule has 0 bridgehead atoms. The number of allylic oxidation sites excluding steroid dienone is 1. The van der Waals surface area contributed by atoms with Gasteiger partial charge in [0.05, 0.1) is 18.8 Å². The van der Waals surface area contributed by atoms with Crippen molar-refractivity contribution in [3.63, 3.8) is 0 Å². The molecule has 0 radical (unpaired) electrons. The van der Waals surface area contributed by atoms with Gasteiger partial charge >= 0.3 is 0 Å². The maximum atomic E-state index is 4.43. The minimum atomic E-state index is 0.868. The van der Waals surface area contributed by atoms with Crippen LogP contribution in [0.5, 0.6) is 0 Å². The lowest BCUT2D eigenvalue weighted by Crippen LogP contribution is -2.01. The molecule has 0 atom stereocenters. The average Bonchev–Trinajstić information content (AvgIpc) is 2.89. The van der Waals surface area contributed by atoms with E-state index in [0.29, 0.717) is 0 Å². The van der Waals surface area contributed by atoms with Gasteiger partial charge in [-0.05, 0) is 75.9 Å². The fourth-order valence-corrected chi connectivity index (χ4v) is 2.71. The van der Waals surface area contributed by atoms with E-state index in [4.69, 9.17) is 0 Å². The predicted molar refractivity (Wildman–Crippen MR) is 94.6 cm³/mol. The van der Waals surface area contributed by atoms with Gasteiger partial charge in [-0.2, -0.15) is 10.2 Å². The van der Waals surface area contributed by atoms with E-state index in [1.54, 1.807) is 6.08 Å². The van der Waals surface area contributed by atoms with E-state index >= 15 is 0 Å². The van der Waals surface area contributed by atoms with E-state index in [1.165, 1.54) is 0 Å². The summed E-state index contributed by atoms with van der Waals surface area (Å²) in [5, 5.41) is 8.80. The van der Waals surface area contributed by atoms with Crippen LogP contribution in [0.15, 0.2) is 24.8 Å². The van der Waals surface area contributed by atoms with E-state index in [0.717, 1.165) is 31.8 Å². The Labute approximate surface area is 139 Å². The van der Waals surface area contributed by atoms with Gasteiger partial charge < -0.3 is 0 Å². The zero-order valence-electron chi connectivity index (χ0n) is 10.6. The summed E-state index contributed by atoms with van der Waals surface area (Å²) in [6.07, 6.45) is 6.88. The highest BCUT2D eigenvalue weighted by atomic mass is 127. The molecule has 0 saturated heterocycles. The zero-order valence-corrected chi connectivity index (χ0v) is 14.9. The molecule has 2 aromatic heterocycles. The molecule has 0 N–H and O–H groups in total. The standard InChI is InChI=1S/C13H14I2N4/c1-3-10-8-13(15)19(17-10)7-5-4-6-11-9-12(14)18(2)16-11/h3-4,6,8-9H,1,5,7H2,2H3/b6-4+. The largest absolute Gasteiger partial charge is 0.262 e. The van der Waals surface area contributed by atoms with E-state index in [-0.39, 0.29) is 0 Å². The quantitative estimate of drug-likeness (QED) is 0.614. The minimum absolute atomic E-state index is 0.868. The molecule has 0 unspecified atom stereocenters. The highest BCUT2D eigenvalue weighted by Crippen LogP contribution is 2.11. The third-order valence-electron chi connectivity index (χ3n) is 2.60. The summed E-state index contributed by atoms with van der Waals surface area (Å²) in [6.45, 7) is 4.60. The second-order valence-electron chi connectivity index (χ2n) is 4.03. The van der Waals surface area contributed by atoms with Crippen molar-refractivity contribution in [1.82, 2.24) is 19.6 Å². The summed E-state index contributed by atoms with van der Waals surface area (Å²) in [5.41, 5.74) is 1.92. The van der Waals surface area contributed by atoms with Crippen molar-refractivity contribution in [3.05, 3.63) is 43.6 Å². The van der Waals surface area contributed by atoms with Crippen molar-refractivity contribution in [2.75, 3.05) is 0 Å². The van der Waals surface area contributed by atoms with E-state index in [2.05, 4.69) is 74.1 Å². The van der Waals surface area contributed by atoms with Crippen LogP contribution in [0, 0.1) is 7.40 Å². The molecule has 6 heteroatoms. The molecule has 2 heterocycles. The van der Waals surface area contributed by atoms with Crippen LogP contribution in [0.3, 0.4) is 0 Å². The van der Waals surface area contributed by atoms with Crippen LogP contribution >= 0.6 is 45.2 Å². The van der Waals surface area contributed by atoms with Gasteiger partial charge in [-0.3, -0.25) is 9.36 Å². The van der Waals surface area contributed by atoms with Crippen LogP contribution in [0.4, 0.5) is 0 Å². The van der Waals surface area contributed by atoms with Crippen LogP contribution in [0.25, 0.3) is 12.2 Å². The van der Waals surface area contributed by atoms with Crippen molar-refractivity contribution in [2.45, 2.75) is 13.0 Å². The normalized spacial score (nSPS) is 11.3. The van der Waals surface area contributed by atoms with Crippen LogP contribution in [-0.2, 0) is 13.6 Å². The smallest absolute Gasteiger partial charge is 0.0995 e. The first-order valence-corrected chi connectivity index (χ1v) is 7.98. The number of rotatable bonds is 5. The van der Waals surface area contributed by atoms with Crippen molar-refractivity contribution >= 4 is 57.3 Å². The van der Waals surface area contributed by atoms with Gasteiger partial charge in [0.15, 0.2) is 0 Å². The molecule has 0 aliphatic heterocycles. The molecule has 4 nitrogen and oxygen atoms in total. The molecule has 0 amide bonds. The molecule has 0 fully saturated rings. The topological polar surface area (TPSA) is 35.6 Å². The second kappa shape index (κ2) is 6.69.